The number of benzene rings is 1. The summed E-state index contributed by atoms with van der Waals surface area (Å²) in [5, 5.41) is 16.8. The number of nitrogens with one attached hydrogen (secondary N) is 1. The van der Waals surface area contributed by atoms with Gasteiger partial charge in [0.15, 0.2) is 0 Å². The molecule has 0 aliphatic heterocycles. The molecule has 1 amide bonds. The van der Waals surface area contributed by atoms with Crippen LogP contribution in [0.4, 0.5) is 4.39 Å². The second-order valence-electron chi connectivity index (χ2n) is 4.33. The summed E-state index contributed by atoms with van der Waals surface area (Å²) in [6, 6.07) is 7.16. The van der Waals surface area contributed by atoms with E-state index in [2.05, 4.69) is 0 Å². The van der Waals surface area contributed by atoms with Crippen LogP contribution in [0, 0.1) is 22.6 Å². The number of nitriles is 1. The summed E-state index contributed by atoms with van der Waals surface area (Å²) >= 11 is 5.87. The van der Waals surface area contributed by atoms with Crippen molar-refractivity contribution in [3.05, 3.63) is 63.5 Å². The second kappa shape index (κ2) is 5.77. The van der Waals surface area contributed by atoms with E-state index in [1.165, 1.54) is 29.0 Å². The van der Waals surface area contributed by atoms with Crippen molar-refractivity contribution < 1.29 is 9.18 Å². The van der Waals surface area contributed by atoms with Crippen molar-refractivity contribution in [2.75, 3.05) is 0 Å². The fourth-order valence-electron chi connectivity index (χ4n) is 1.85. The molecule has 1 aromatic carbocycles. The Bertz CT molecular complexity index is 823. The summed E-state index contributed by atoms with van der Waals surface area (Å²) < 4.78 is 15.2. The van der Waals surface area contributed by atoms with Crippen LogP contribution in [0.1, 0.15) is 21.5 Å². The first-order valence-corrected chi connectivity index (χ1v) is 6.23. The van der Waals surface area contributed by atoms with Gasteiger partial charge in [0.05, 0.1) is 28.8 Å². The Balaban J connectivity index is 2.48. The third-order valence-electron chi connectivity index (χ3n) is 2.89. The first-order valence-electron chi connectivity index (χ1n) is 5.85. The van der Waals surface area contributed by atoms with Crippen molar-refractivity contribution in [2.45, 2.75) is 6.54 Å². The highest BCUT2D eigenvalue weighted by molar-refractivity contribution is 6.30. The van der Waals surface area contributed by atoms with Crippen molar-refractivity contribution in [1.82, 2.24) is 4.57 Å². The Labute approximate surface area is 124 Å². The van der Waals surface area contributed by atoms with Crippen LogP contribution in [0.5, 0.6) is 0 Å². The number of hydrogen-bond donors (Lipinski definition) is 2. The van der Waals surface area contributed by atoms with Gasteiger partial charge in [-0.15, -0.1) is 0 Å². The average Bonchev–Trinajstić information content (AvgIpc) is 2.44. The molecule has 0 fully saturated rings. The van der Waals surface area contributed by atoms with Crippen LogP contribution in [0.15, 0.2) is 30.5 Å². The maximum absolute atomic E-state index is 13.9. The number of hydrogen-bond acceptors (Lipinski definition) is 3. The zero-order chi connectivity index (χ0) is 15.6. The molecule has 0 unspecified atom stereocenters. The van der Waals surface area contributed by atoms with Crippen LogP contribution in [0.3, 0.4) is 0 Å². The summed E-state index contributed by atoms with van der Waals surface area (Å²) in [7, 11) is 0. The molecule has 5 nitrogen and oxygen atoms in total. The van der Waals surface area contributed by atoms with E-state index < -0.39 is 11.7 Å². The van der Waals surface area contributed by atoms with Crippen molar-refractivity contribution >= 4 is 17.5 Å². The van der Waals surface area contributed by atoms with E-state index >= 15 is 0 Å². The number of rotatable bonds is 3. The van der Waals surface area contributed by atoms with Gasteiger partial charge in [-0.25, -0.2) is 4.39 Å². The first kappa shape index (κ1) is 14.8. The highest BCUT2D eigenvalue weighted by Gasteiger charge is 2.10. The number of pyridine rings is 1. The molecule has 0 radical (unpaired) electrons. The second-order valence-corrected chi connectivity index (χ2v) is 4.77. The monoisotopic (exact) mass is 304 g/mol. The Morgan fingerprint density at radius 3 is 2.76 bits per heavy atom. The Kier molecular flexibility index (Phi) is 4.05. The molecular formula is C14H10ClFN4O. The minimum absolute atomic E-state index is 0.00276. The zero-order valence-corrected chi connectivity index (χ0v) is 11.5. The van der Waals surface area contributed by atoms with E-state index in [0.29, 0.717) is 0 Å². The lowest BCUT2D eigenvalue weighted by Crippen LogP contribution is -2.30. The standard InChI is InChI=1S/C14H10ClFN4O/c15-10-4-11(14(19)21)13(18)20(7-10)6-9-2-1-8(5-17)3-12(9)16/h1-4,7,18H,6H2,(H2,19,21). The van der Waals surface area contributed by atoms with Crippen molar-refractivity contribution in [3.63, 3.8) is 0 Å². The van der Waals surface area contributed by atoms with Gasteiger partial charge in [-0.3, -0.25) is 10.2 Å². The van der Waals surface area contributed by atoms with Gasteiger partial charge in [-0.05, 0) is 18.2 Å². The Morgan fingerprint density at radius 1 is 1.48 bits per heavy atom. The van der Waals surface area contributed by atoms with E-state index in [4.69, 9.17) is 28.0 Å². The van der Waals surface area contributed by atoms with Crippen LogP contribution >= 0.6 is 11.6 Å². The SMILES string of the molecule is N#Cc1ccc(Cn2cc(Cl)cc(C(N)=O)c2=N)c(F)c1. The van der Waals surface area contributed by atoms with Gasteiger partial charge >= 0.3 is 0 Å². The highest BCUT2D eigenvalue weighted by atomic mass is 35.5. The summed E-state index contributed by atoms with van der Waals surface area (Å²) in [5.74, 6) is -1.35. The number of nitrogens with zero attached hydrogens (tertiary/aromatic N) is 2. The number of halogens is 2. The number of amides is 1. The Morgan fingerprint density at radius 2 is 2.19 bits per heavy atom. The Hall–Kier alpha value is -2.65. The topological polar surface area (TPSA) is 95.7 Å². The molecular weight excluding hydrogens is 295 g/mol. The minimum Gasteiger partial charge on any atom is -0.365 e. The van der Waals surface area contributed by atoms with Gasteiger partial charge in [0.25, 0.3) is 5.91 Å². The third kappa shape index (κ3) is 3.09. The zero-order valence-electron chi connectivity index (χ0n) is 10.7. The average molecular weight is 305 g/mol. The van der Waals surface area contributed by atoms with Crippen LogP contribution < -0.4 is 11.2 Å². The molecule has 0 spiro atoms. The smallest absolute Gasteiger partial charge is 0.252 e. The van der Waals surface area contributed by atoms with Gasteiger partial charge in [0, 0.05) is 11.8 Å². The highest BCUT2D eigenvalue weighted by Crippen LogP contribution is 2.13. The largest absolute Gasteiger partial charge is 0.365 e. The summed E-state index contributed by atoms with van der Waals surface area (Å²) in [6.45, 7) is -0.00276. The maximum atomic E-state index is 13.9. The number of carbonyl (C=O) groups excluding carboxylic acids is 1. The summed E-state index contributed by atoms with van der Waals surface area (Å²) in [4.78, 5) is 11.2. The summed E-state index contributed by atoms with van der Waals surface area (Å²) in [5.41, 5.74) is 5.44. The molecule has 21 heavy (non-hydrogen) atoms. The molecule has 1 aromatic heterocycles. The van der Waals surface area contributed by atoms with Crippen molar-refractivity contribution in [1.29, 1.82) is 10.7 Å². The van der Waals surface area contributed by atoms with Crippen molar-refractivity contribution in [2.24, 2.45) is 5.73 Å². The fourth-order valence-corrected chi connectivity index (χ4v) is 2.08. The van der Waals surface area contributed by atoms with Gasteiger partial charge in [0.1, 0.15) is 11.3 Å². The lowest BCUT2D eigenvalue weighted by molar-refractivity contribution is 0.0998. The molecule has 0 atom stereocenters. The van der Waals surface area contributed by atoms with Crippen LogP contribution in [-0.2, 0) is 6.54 Å². The quantitative estimate of drug-likeness (QED) is 0.904. The number of carbonyl (C=O) groups is 1. The molecule has 106 valence electrons. The lowest BCUT2D eigenvalue weighted by Gasteiger charge is -2.11. The van der Waals surface area contributed by atoms with Gasteiger partial charge < -0.3 is 10.3 Å². The molecule has 0 saturated carbocycles. The first-order chi connectivity index (χ1) is 9.92. The van der Waals surface area contributed by atoms with Crippen molar-refractivity contribution in [3.8, 4) is 6.07 Å². The number of primary amides is 1. The van der Waals surface area contributed by atoms with Gasteiger partial charge in [-0.1, -0.05) is 17.7 Å². The lowest BCUT2D eigenvalue weighted by atomic mass is 10.1. The van der Waals surface area contributed by atoms with Crippen LogP contribution in [0.2, 0.25) is 5.02 Å². The molecule has 2 aromatic rings. The maximum Gasteiger partial charge on any atom is 0.252 e. The molecule has 0 saturated heterocycles. The number of nitrogens with two attached hydrogens (primary N) is 1. The summed E-state index contributed by atoms with van der Waals surface area (Å²) in [6.07, 6.45) is 1.41. The van der Waals surface area contributed by atoms with Gasteiger partial charge in [0.2, 0.25) is 0 Å². The minimum atomic E-state index is -0.781. The van der Waals surface area contributed by atoms with E-state index in [9.17, 15) is 9.18 Å². The predicted octanol–water partition coefficient (Wildman–Crippen LogP) is 1.78. The molecule has 1 heterocycles. The van der Waals surface area contributed by atoms with E-state index in [-0.39, 0.29) is 33.7 Å². The van der Waals surface area contributed by atoms with Gasteiger partial charge in [-0.2, -0.15) is 5.26 Å². The van der Waals surface area contributed by atoms with Crippen LogP contribution in [-0.4, -0.2) is 10.5 Å². The predicted molar refractivity (Wildman–Crippen MR) is 74.0 cm³/mol. The third-order valence-corrected chi connectivity index (χ3v) is 3.10. The molecule has 0 aliphatic carbocycles. The fraction of sp³-hybridized carbons (Fsp3) is 0.0714. The number of aromatic nitrogens is 1. The molecule has 3 N–H and O–H groups in total. The van der Waals surface area contributed by atoms with E-state index in [1.54, 1.807) is 0 Å². The molecule has 0 aliphatic rings. The normalized spacial score (nSPS) is 10.1. The van der Waals surface area contributed by atoms with E-state index in [0.717, 1.165) is 6.07 Å². The molecule has 2 rings (SSSR count). The molecule has 7 heteroatoms. The van der Waals surface area contributed by atoms with Crippen LogP contribution in [0.25, 0.3) is 0 Å². The molecule has 0 bridgehead atoms. The van der Waals surface area contributed by atoms with E-state index in [1.807, 2.05) is 6.07 Å².